The fraction of sp³-hybridized carbons (Fsp3) is 0.812. The first kappa shape index (κ1) is 24.6. The van der Waals surface area contributed by atoms with E-state index >= 15 is 0 Å². The average Bonchev–Trinajstić information content (AvgIpc) is 2.85. The van der Waals surface area contributed by atoms with Crippen LogP contribution >= 0.6 is 56.4 Å². The average molecular weight is 626 g/mol. The minimum absolute atomic E-state index is 1.18. The van der Waals surface area contributed by atoms with Crippen LogP contribution in [-0.4, -0.2) is 4.57 Å². The van der Waals surface area contributed by atoms with E-state index in [1.165, 1.54) is 70.8 Å². The Hall–Kier alpha value is 1.65. The van der Waals surface area contributed by atoms with Crippen molar-refractivity contribution in [2.45, 2.75) is 77.7 Å². The molecule has 0 bridgehead atoms. The van der Waals surface area contributed by atoms with Crippen LogP contribution < -0.4 is 4.57 Å². The molecule has 0 radical (unpaired) electrons. The maximum absolute atomic E-state index is 3.27. The first-order valence-electron chi connectivity index (χ1n) is 8.41. The zero-order chi connectivity index (χ0) is 17.6. The van der Waals surface area contributed by atoms with Gasteiger partial charge in [0.25, 0.3) is 0 Å². The van der Waals surface area contributed by atoms with Crippen molar-refractivity contribution >= 4 is 56.4 Å². The second kappa shape index (κ2) is 15.9. The fourth-order valence-corrected chi connectivity index (χ4v) is 2.42. The molecule has 0 unspecified atom stereocenters. The summed E-state index contributed by atoms with van der Waals surface area (Å²) < 4.78 is 4.39. The van der Waals surface area contributed by atoms with Gasteiger partial charge in [-0.1, -0.05) is 58.3 Å². The molecular formula is C16H31Br4MnN2+. The summed E-state index contributed by atoms with van der Waals surface area (Å²) in [5, 5.41) is 0. The molecule has 0 aliphatic rings. The van der Waals surface area contributed by atoms with Crippen molar-refractivity contribution in [1.82, 2.24) is 4.57 Å². The summed E-state index contributed by atoms with van der Waals surface area (Å²) in [5.41, 5.74) is -1.38. The fourth-order valence-electron chi connectivity index (χ4n) is 2.42. The van der Waals surface area contributed by atoms with Gasteiger partial charge < -0.3 is 0 Å². The summed E-state index contributed by atoms with van der Waals surface area (Å²) in [7, 11) is 2.08. The van der Waals surface area contributed by atoms with Gasteiger partial charge in [0.2, 0.25) is 6.33 Å². The number of nitrogens with zero attached hydrogens (tertiary/aromatic N) is 2. The van der Waals surface area contributed by atoms with E-state index in [0.717, 1.165) is 0 Å². The van der Waals surface area contributed by atoms with Crippen LogP contribution in [0.4, 0.5) is 0 Å². The van der Waals surface area contributed by atoms with Crippen molar-refractivity contribution in [3.8, 4) is 0 Å². The Labute approximate surface area is 173 Å². The molecule has 1 rings (SSSR count). The summed E-state index contributed by atoms with van der Waals surface area (Å²) in [6.07, 6.45) is 20.6. The number of aryl methyl sites for hydroxylation is 2. The number of halogens is 4. The number of aromatic nitrogens is 2. The van der Waals surface area contributed by atoms with E-state index in [4.69, 9.17) is 0 Å². The molecule has 1 heterocycles. The van der Waals surface area contributed by atoms with E-state index in [2.05, 4.69) is 98.3 Å². The van der Waals surface area contributed by atoms with Gasteiger partial charge in [-0.15, -0.1) is 0 Å². The van der Waals surface area contributed by atoms with E-state index in [-0.39, 0.29) is 0 Å². The first-order chi connectivity index (χ1) is 10.8. The summed E-state index contributed by atoms with van der Waals surface area (Å²) in [6.45, 7) is 3.46. The SMILES string of the molecule is CCCCCCCCCCCCn1cc[n+](C)c1.[Br][Mn]([Br])([Br])[Br]. The third-order valence-corrected chi connectivity index (χ3v) is 3.59. The van der Waals surface area contributed by atoms with E-state index < -0.39 is 5.61 Å². The summed E-state index contributed by atoms with van der Waals surface area (Å²) in [5.74, 6) is 0. The van der Waals surface area contributed by atoms with Crippen molar-refractivity contribution in [2.75, 3.05) is 0 Å². The molecule has 2 nitrogen and oxygen atoms in total. The van der Waals surface area contributed by atoms with E-state index in [1.54, 1.807) is 0 Å². The number of hydrogen-bond acceptors (Lipinski definition) is 0. The topological polar surface area (TPSA) is 8.81 Å². The van der Waals surface area contributed by atoms with E-state index in [9.17, 15) is 0 Å². The van der Waals surface area contributed by atoms with Crippen LogP contribution in [0.25, 0.3) is 0 Å². The maximum atomic E-state index is 3.27. The molecule has 7 heteroatoms. The van der Waals surface area contributed by atoms with E-state index in [1.807, 2.05) is 0 Å². The number of unbranched alkanes of at least 4 members (excludes halogenated alkanes) is 9. The van der Waals surface area contributed by atoms with Crippen LogP contribution in [0.15, 0.2) is 18.7 Å². The molecule has 0 aliphatic heterocycles. The quantitative estimate of drug-likeness (QED) is 0.136. The molecule has 0 saturated heterocycles. The molecule has 1 aromatic rings. The van der Waals surface area contributed by atoms with Gasteiger partial charge in [0.15, 0.2) is 0 Å². The molecule has 1 aromatic heterocycles. The molecule has 0 aromatic carbocycles. The zero-order valence-electron chi connectivity index (χ0n) is 14.3. The summed E-state index contributed by atoms with van der Waals surface area (Å²) in [6, 6.07) is 0. The minimum atomic E-state index is -1.38. The summed E-state index contributed by atoms with van der Waals surface area (Å²) in [4.78, 5) is 0. The monoisotopic (exact) mass is 622 g/mol. The standard InChI is InChI=1S/C16H31N2.4BrH.Mn/c1-3-4-5-6-7-8-9-10-11-12-13-18-15-14-17(2)16-18;;;;;/h14-16H,3-13H2,1-2H3;4*1H;/q+1;;;;;+4/p-4. The van der Waals surface area contributed by atoms with Gasteiger partial charge in [0, 0.05) is 0 Å². The van der Waals surface area contributed by atoms with Gasteiger partial charge in [0.1, 0.15) is 12.4 Å². The first-order valence-corrected chi connectivity index (χ1v) is 20.1. The Morgan fingerprint density at radius 3 is 1.65 bits per heavy atom. The van der Waals surface area contributed by atoms with Gasteiger partial charge in [-0.25, -0.2) is 9.13 Å². The Bertz CT molecular complexity index is 374. The molecule has 0 atom stereocenters. The Balaban J connectivity index is 0.000000841. The molecule has 139 valence electrons. The molecule has 0 amide bonds. The van der Waals surface area contributed by atoms with Crippen molar-refractivity contribution < 1.29 is 10.2 Å². The molecule has 0 spiro atoms. The van der Waals surface area contributed by atoms with Crippen LogP contribution in [0.2, 0.25) is 0 Å². The Morgan fingerprint density at radius 1 is 0.826 bits per heavy atom. The molecular weight excluding hydrogens is 595 g/mol. The Morgan fingerprint density at radius 2 is 1.26 bits per heavy atom. The normalized spacial score (nSPS) is 11.9. The van der Waals surface area contributed by atoms with Gasteiger partial charge in [0.05, 0.1) is 13.6 Å². The number of rotatable bonds is 11. The van der Waals surface area contributed by atoms with Crippen molar-refractivity contribution in [1.29, 1.82) is 0 Å². The number of hydrogen-bond donors (Lipinski definition) is 0. The van der Waals surface area contributed by atoms with Crippen LogP contribution in [0.5, 0.6) is 0 Å². The molecule has 0 fully saturated rings. The molecule has 23 heavy (non-hydrogen) atoms. The third-order valence-electron chi connectivity index (χ3n) is 3.59. The predicted molar refractivity (Wildman–Crippen MR) is 113 cm³/mol. The molecule has 0 N–H and O–H groups in total. The second-order valence-electron chi connectivity index (χ2n) is 5.82. The van der Waals surface area contributed by atoms with Crippen LogP contribution in [-0.2, 0) is 19.2 Å². The van der Waals surface area contributed by atoms with E-state index in [0.29, 0.717) is 0 Å². The van der Waals surface area contributed by atoms with Crippen molar-refractivity contribution in [3.63, 3.8) is 0 Å². The van der Waals surface area contributed by atoms with Crippen LogP contribution in [0.3, 0.4) is 0 Å². The van der Waals surface area contributed by atoms with Gasteiger partial charge >= 0.3 is 62.1 Å². The van der Waals surface area contributed by atoms with Crippen molar-refractivity contribution in [3.05, 3.63) is 18.7 Å². The molecule has 0 saturated carbocycles. The third kappa shape index (κ3) is 21.6. The predicted octanol–water partition coefficient (Wildman–Crippen LogP) is 7.61. The van der Waals surface area contributed by atoms with Crippen molar-refractivity contribution in [2.24, 2.45) is 7.05 Å². The molecule has 0 aliphatic carbocycles. The van der Waals surface area contributed by atoms with Gasteiger partial charge in [-0.2, -0.15) is 0 Å². The van der Waals surface area contributed by atoms with Crippen LogP contribution in [0, 0.1) is 0 Å². The second-order valence-corrected chi connectivity index (χ2v) is 41.6. The van der Waals surface area contributed by atoms with Crippen LogP contribution in [0.1, 0.15) is 71.1 Å². The Kier molecular flexibility index (Phi) is 17.0. The summed E-state index contributed by atoms with van der Waals surface area (Å²) >= 11 is 13.1. The van der Waals surface area contributed by atoms with Gasteiger partial charge in [-0.05, 0) is 12.8 Å². The zero-order valence-corrected chi connectivity index (χ0v) is 21.8. The number of imidazole rings is 1. The van der Waals surface area contributed by atoms with Gasteiger partial charge in [-0.3, -0.25) is 0 Å².